The zero-order chi connectivity index (χ0) is 14.8. The van der Waals surface area contributed by atoms with E-state index in [1.54, 1.807) is 0 Å². The highest BCUT2D eigenvalue weighted by molar-refractivity contribution is 7.17. The summed E-state index contributed by atoms with van der Waals surface area (Å²) in [5, 5.41) is 7.50. The van der Waals surface area contributed by atoms with E-state index in [0.29, 0.717) is 18.0 Å². The molecule has 1 aromatic carbocycles. The summed E-state index contributed by atoms with van der Waals surface area (Å²) in [5.74, 6) is 0.692. The van der Waals surface area contributed by atoms with Gasteiger partial charge in [0, 0.05) is 29.9 Å². The number of rotatable bonds is 3. The smallest absolute Gasteiger partial charge is 0.0346 e. The predicted octanol–water partition coefficient (Wildman–Crippen LogP) is 4.11. The Morgan fingerprint density at radius 1 is 1.33 bits per heavy atom. The van der Waals surface area contributed by atoms with Gasteiger partial charge < -0.3 is 5.32 Å². The van der Waals surface area contributed by atoms with Crippen molar-refractivity contribution in [2.75, 3.05) is 13.1 Å². The van der Waals surface area contributed by atoms with Gasteiger partial charge in [-0.1, -0.05) is 32.0 Å². The minimum absolute atomic E-state index is 0.611. The van der Waals surface area contributed by atoms with Gasteiger partial charge in [-0.3, -0.25) is 4.90 Å². The Bertz CT molecular complexity index is 590. The second kappa shape index (κ2) is 6.47. The molecule has 114 valence electrons. The summed E-state index contributed by atoms with van der Waals surface area (Å²) in [4.78, 5) is 2.67. The van der Waals surface area contributed by atoms with E-state index >= 15 is 0 Å². The third kappa shape index (κ3) is 3.31. The van der Waals surface area contributed by atoms with E-state index in [1.165, 1.54) is 22.1 Å². The SMILES string of the molecule is CC(C)C1CN(Cc2csc3ccccc23)C(C)CCN1. The Labute approximate surface area is 132 Å². The average Bonchev–Trinajstić information content (AvgIpc) is 2.78. The summed E-state index contributed by atoms with van der Waals surface area (Å²) in [6.45, 7) is 10.4. The highest BCUT2D eigenvalue weighted by atomic mass is 32.1. The Hall–Kier alpha value is -0.900. The Balaban J connectivity index is 1.81. The van der Waals surface area contributed by atoms with E-state index in [4.69, 9.17) is 0 Å². The van der Waals surface area contributed by atoms with Crippen LogP contribution in [0.5, 0.6) is 0 Å². The zero-order valence-corrected chi connectivity index (χ0v) is 14.1. The fourth-order valence-electron chi connectivity index (χ4n) is 3.20. The lowest BCUT2D eigenvalue weighted by molar-refractivity contribution is 0.185. The molecule has 2 atom stereocenters. The molecule has 0 radical (unpaired) electrons. The Kier molecular flexibility index (Phi) is 4.63. The van der Waals surface area contributed by atoms with Crippen LogP contribution in [0.3, 0.4) is 0 Å². The molecule has 2 unspecified atom stereocenters. The van der Waals surface area contributed by atoms with Gasteiger partial charge in [-0.2, -0.15) is 0 Å². The maximum atomic E-state index is 3.72. The number of fused-ring (bicyclic) bond motifs is 1. The van der Waals surface area contributed by atoms with Crippen LogP contribution >= 0.6 is 11.3 Å². The standard InChI is InChI=1S/C18H26N2S/c1-13(2)17-11-20(14(3)8-9-19-17)10-15-12-21-18-7-5-4-6-16(15)18/h4-7,12-14,17,19H,8-11H2,1-3H3. The van der Waals surface area contributed by atoms with Gasteiger partial charge in [0.15, 0.2) is 0 Å². The second-order valence-corrected chi connectivity index (χ2v) is 7.54. The van der Waals surface area contributed by atoms with E-state index in [2.05, 4.69) is 60.6 Å². The third-order valence-corrected chi connectivity index (χ3v) is 5.77. The van der Waals surface area contributed by atoms with Gasteiger partial charge in [0.1, 0.15) is 0 Å². The number of nitrogens with one attached hydrogen (secondary N) is 1. The molecule has 2 heterocycles. The highest BCUT2D eigenvalue weighted by Gasteiger charge is 2.25. The minimum Gasteiger partial charge on any atom is -0.312 e. The first-order valence-corrected chi connectivity index (χ1v) is 8.95. The van der Waals surface area contributed by atoms with Gasteiger partial charge in [0.2, 0.25) is 0 Å². The quantitative estimate of drug-likeness (QED) is 0.918. The van der Waals surface area contributed by atoms with Crippen molar-refractivity contribution in [3.05, 3.63) is 35.2 Å². The van der Waals surface area contributed by atoms with Crippen molar-refractivity contribution < 1.29 is 0 Å². The van der Waals surface area contributed by atoms with Crippen LogP contribution in [-0.2, 0) is 6.54 Å². The molecule has 2 nitrogen and oxygen atoms in total. The molecule has 0 bridgehead atoms. The Morgan fingerprint density at radius 2 is 2.14 bits per heavy atom. The first-order valence-electron chi connectivity index (χ1n) is 8.07. The zero-order valence-electron chi connectivity index (χ0n) is 13.3. The maximum Gasteiger partial charge on any atom is 0.0346 e. The first kappa shape index (κ1) is 15.0. The van der Waals surface area contributed by atoms with Crippen LogP contribution in [-0.4, -0.2) is 30.1 Å². The molecule has 3 heteroatoms. The van der Waals surface area contributed by atoms with E-state index in [9.17, 15) is 0 Å². The fourth-order valence-corrected chi connectivity index (χ4v) is 4.15. The molecule has 0 amide bonds. The molecule has 1 fully saturated rings. The molecule has 0 aliphatic carbocycles. The number of nitrogens with zero attached hydrogens (tertiary/aromatic N) is 1. The van der Waals surface area contributed by atoms with Crippen LogP contribution in [0.25, 0.3) is 10.1 Å². The molecule has 0 spiro atoms. The molecule has 1 aromatic heterocycles. The van der Waals surface area contributed by atoms with Crippen LogP contribution in [0.1, 0.15) is 32.8 Å². The first-order chi connectivity index (χ1) is 10.1. The van der Waals surface area contributed by atoms with Gasteiger partial charge in [-0.05, 0) is 48.2 Å². The lowest BCUT2D eigenvalue weighted by Gasteiger charge is -2.30. The van der Waals surface area contributed by atoms with Crippen molar-refractivity contribution in [2.24, 2.45) is 5.92 Å². The molecular formula is C18H26N2S. The summed E-state index contributed by atoms with van der Waals surface area (Å²) in [6.07, 6.45) is 1.24. The van der Waals surface area contributed by atoms with Crippen molar-refractivity contribution in [2.45, 2.75) is 45.8 Å². The number of hydrogen-bond acceptors (Lipinski definition) is 3. The summed E-state index contributed by atoms with van der Waals surface area (Å²) in [5.41, 5.74) is 1.49. The number of thiophene rings is 1. The largest absolute Gasteiger partial charge is 0.312 e. The predicted molar refractivity (Wildman–Crippen MR) is 92.9 cm³/mol. The van der Waals surface area contributed by atoms with E-state index < -0.39 is 0 Å². The maximum absolute atomic E-state index is 3.72. The van der Waals surface area contributed by atoms with Crippen molar-refractivity contribution in [3.63, 3.8) is 0 Å². The van der Waals surface area contributed by atoms with Crippen molar-refractivity contribution in [1.82, 2.24) is 10.2 Å². The van der Waals surface area contributed by atoms with Crippen LogP contribution in [0.15, 0.2) is 29.6 Å². The second-order valence-electron chi connectivity index (χ2n) is 6.63. The average molecular weight is 302 g/mol. The lowest BCUT2D eigenvalue weighted by atomic mass is 10.0. The molecule has 1 N–H and O–H groups in total. The molecule has 21 heavy (non-hydrogen) atoms. The topological polar surface area (TPSA) is 15.3 Å². The third-order valence-electron chi connectivity index (χ3n) is 4.76. The van der Waals surface area contributed by atoms with Crippen LogP contribution in [0.4, 0.5) is 0 Å². The molecule has 3 rings (SSSR count). The summed E-state index contributed by atoms with van der Waals surface area (Å²) < 4.78 is 1.41. The van der Waals surface area contributed by atoms with E-state index in [1.807, 2.05) is 11.3 Å². The van der Waals surface area contributed by atoms with Gasteiger partial charge in [-0.15, -0.1) is 11.3 Å². The van der Waals surface area contributed by atoms with Crippen molar-refractivity contribution in [1.29, 1.82) is 0 Å². The van der Waals surface area contributed by atoms with Gasteiger partial charge in [0.25, 0.3) is 0 Å². The van der Waals surface area contributed by atoms with Crippen molar-refractivity contribution >= 4 is 21.4 Å². The normalized spacial score (nSPS) is 24.6. The molecule has 0 saturated carbocycles. The molecule has 1 saturated heterocycles. The number of benzene rings is 1. The summed E-state index contributed by atoms with van der Waals surface area (Å²) in [7, 11) is 0. The summed E-state index contributed by atoms with van der Waals surface area (Å²) in [6, 6.07) is 10.0. The molecule has 1 aliphatic heterocycles. The van der Waals surface area contributed by atoms with E-state index in [0.717, 1.165) is 19.6 Å². The molecule has 2 aromatic rings. The molecular weight excluding hydrogens is 276 g/mol. The monoisotopic (exact) mass is 302 g/mol. The highest BCUT2D eigenvalue weighted by Crippen LogP contribution is 2.28. The lowest BCUT2D eigenvalue weighted by Crippen LogP contribution is -2.42. The number of hydrogen-bond donors (Lipinski definition) is 1. The Morgan fingerprint density at radius 3 is 2.95 bits per heavy atom. The van der Waals surface area contributed by atoms with Crippen molar-refractivity contribution in [3.8, 4) is 0 Å². The van der Waals surface area contributed by atoms with Gasteiger partial charge in [-0.25, -0.2) is 0 Å². The van der Waals surface area contributed by atoms with E-state index in [-0.39, 0.29) is 0 Å². The van der Waals surface area contributed by atoms with Gasteiger partial charge >= 0.3 is 0 Å². The molecule has 1 aliphatic rings. The minimum atomic E-state index is 0.611. The van der Waals surface area contributed by atoms with Crippen LogP contribution in [0.2, 0.25) is 0 Å². The van der Waals surface area contributed by atoms with Crippen LogP contribution in [0, 0.1) is 5.92 Å². The van der Waals surface area contributed by atoms with Crippen LogP contribution < -0.4 is 5.32 Å². The fraction of sp³-hybridized carbons (Fsp3) is 0.556. The summed E-state index contributed by atoms with van der Waals surface area (Å²) >= 11 is 1.87. The van der Waals surface area contributed by atoms with Gasteiger partial charge in [0.05, 0.1) is 0 Å².